The highest BCUT2D eigenvalue weighted by atomic mass is 16.1. The van der Waals surface area contributed by atoms with E-state index in [4.69, 9.17) is 0 Å². The van der Waals surface area contributed by atoms with Gasteiger partial charge in [-0.1, -0.05) is 20.3 Å². The van der Waals surface area contributed by atoms with Crippen molar-refractivity contribution in [2.75, 3.05) is 35.2 Å². The second kappa shape index (κ2) is 9.53. The lowest BCUT2D eigenvalue weighted by Gasteiger charge is -2.32. The molecule has 150 valence electrons. The van der Waals surface area contributed by atoms with Crippen LogP contribution in [-0.4, -0.2) is 35.5 Å². The first kappa shape index (κ1) is 20.1. The summed E-state index contributed by atoms with van der Waals surface area (Å²) in [6, 6.07) is 9.78. The summed E-state index contributed by atoms with van der Waals surface area (Å²) in [7, 11) is 0. The lowest BCUT2D eigenvalue weighted by Crippen LogP contribution is -2.32. The lowest BCUT2D eigenvalue weighted by molar-refractivity contribution is 0.102. The van der Waals surface area contributed by atoms with Crippen LogP contribution in [0.1, 0.15) is 55.7 Å². The Morgan fingerprint density at radius 3 is 2.57 bits per heavy atom. The Balaban J connectivity index is 1.62. The van der Waals surface area contributed by atoms with Crippen molar-refractivity contribution in [2.24, 2.45) is 5.92 Å². The van der Waals surface area contributed by atoms with Crippen LogP contribution in [0.2, 0.25) is 0 Å². The number of carbonyl (C=O) groups is 1. The number of unbranched alkanes of at least 4 members (excludes halogenated alkanes) is 1. The molecule has 0 radical (unpaired) electrons. The van der Waals surface area contributed by atoms with Crippen LogP contribution in [0.5, 0.6) is 0 Å². The van der Waals surface area contributed by atoms with E-state index >= 15 is 0 Å². The van der Waals surface area contributed by atoms with Crippen molar-refractivity contribution in [2.45, 2.75) is 46.5 Å². The third-order valence-corrected chi connectivity index (χ3v) is 5.17. The van der Waals surface area contributed by atoms with Gasteiger partial charge < -0.3 is 15.5 Å². The first-order valence-electron chi connectivity index (χ1n) is 10.3. The molecule has 6 nitrogen and oxygen atoms in total. The quantitative estimate of drug-likeness (QED) is 0.692. The second-order valence-electron chi connectivity index (χ2n) is 7.67. The fourth-order valence-corrected chi connectivity index (χ4v) is 3.36. The van der Waals surface area contributed by atoms with E-state index in [1.54, 1.807) is 6.07 Å². The number of hydrogen-bond donors (Lipinski definition) is 2. The number of rotatable bonds is 7. The maximum Gasteiger partial charge on any atom is 0.274 e. The van der Waals surface area contributed by atoms with Crippen molar-refractivity contribution >= 4 is 23.2 Å². The normalized spacial score (nSPS) is 14.8. The molecule has 3 rings (SSSR count). The molecule has 2 aromatic rings. The Kier molecular flexibility index (Phi) is 6.85. The molecule has 1 amide bonds. The molecular formula is C22H31N5O. The highest BCUT2D eigenvalue weighted by Crippen LogP contribution is 2.24. The summed E-state index contributed by atoms with van der Waals surface area (Å²) < 4.78 is 0. The monoisotopic (exact) mass is 381 g/mol. The van der Waals surface area contributed by atoms with E-state index < -0.39 is 0 Å². The van der Waals surface area contributed by atoms with E-state index in [1.165, 1.54) is 18.5 Å². The molecule has 1 aliphatic rings. The number of aryl methyl sites for hydroxylation is 1. The summed E-state index contributed by atoms with van der Waals surface area (Å²) in [5.41, 5.74) is 3.13. The highest BCUT2D eigenvalue weighted by Gasteiger charge is 2.16. The van der Waals surface area contributed by atoms with Crippen molar-refractivity contribution in [1.29, 1.82) is 0 Å². The molecule has 1 aliphatic heterocycles. The Morgan fingerprint density at radius 2 is 1.89 bits per heavy atom. The first-order valence-corrected chi connectivity index (χ1v) is 10.3. The molecule has 0 spiro atoms. The first-order chi connectivity index (χ1) is 13.5. The highest BCUT2D eigenvalue weighted by molar-refractivity contribution is 6.03. The number of nitrogens with zero attached hydrogens (tertiary/aromatic N) is 3. The van der Waals surface area contributed by atoms with Crippen LogP contribution >= 0.6 is 0 Å². The van der Waals surface area contributed by atoms with Crippen LogP contribution in [0, 0.1) is 12.8 Å². The van der Waals surface area contributed by atoms with E-state index in [9.17, 15) is 4.79 Å². The molecule has 1 saturated heterocycles. The molecule has 1 aromatic heterocycles. The third-order valence-electron chi connectivity index (χ3n) is 5.17. The number of anilines is 3. The van der Waals surface area contributed by atoms with Gasteiger partial charge in [-0.2, -0.15) is 0 Å². The van der Waals surface area contributed by atoms with E-state index in [0.717, 1.165) is 49.8 Å². The summed E-state index contributed by atoms with van der Waals surface area (Å²) in [6.07, 6.45) is 4.61. The van der Waals surface area contributed by atoms with Gasteiger partial charge in [-0.15, -0.1) is 0 Å². The minimum atomic E-state index is -0.219. The van der Waals surface area contributed by atoms with Gasteiger partial charge in [-0.25, -0.2) is 9.97 Å². The largest absolute Gasteiger partial charge is 0.372 e. The summed E-state index contributed by atoms with van der Waals surface area (Å²) >= 11 is 0. The third kappa shape index (κ3) is 5.44. The average Bonchev–Trinajstić information content (AvgIpc) is 2.69. The van der Waals surface area contributed by atoms with Gasteiger partial charge in [0.25, 0.3) is 5.91 Å². The van der Waals surface area contributed by atoms with Gasteiger partial charge in [-0.3, -0.25) is 4.79 Å². The molecule has 0 unspecified atom stereocenters. The molecule has 6 heteroatoms. The molecule has 0 bridgehead atoms. The maximum atomic E-state index is 12.6. The van der Waals surface area contributed by atoms with E-state index in [1.807, 2.05) is 19.1 Å². The van der Waals surface area contributed by atoms with E-state index in [2.05, 4.69) is 51.5 Å². The van der Waals surface area contributed by atoms with Crippen LogP contribution in [0.25, 0.3) is 0 Å². The molecule has 1 fully saturated rings. The maximum absolute atomic E-state index is 12.6. The molecule has 2 N–H and O–H groups in total. The number of amides is 1. The van der Waals surface area contributed by atoms with Crippen LogP contribution in [0.15, 0.2) is 30.3 Å². The number of carbonyl (C=O) groups excluding carboxylic acids is 1. The zero-order valence-electron chi connectivity index (χ0n) is 17.2. The minimum Gasteiger partial charge on any atom is -0.372 e. The summed E-state index contributed by atoms with van der Waals surface area (Å²) in [5, 5.41) is 6.13. The topological polar surface area (TPSA) is 70.2 Å². The molecular weight excluding hydrogens is 350 g/mol. The molecule has 0 saturated carbocycles. The standard InChI is InChI=1S/C22H31N5O/c1-4-5-12-23-22-24-17(3)15-20(26-22)21(28)25-18-6-8-19(9-7-18)27-13-10-16(2)11-14-27/h6-9,15-16H,4-5,10-14H2,1-3H3,(H,25,28)(H,23,24,26). The van der Waals surface area contributed by atoms with Gasteiger partial charge in [0.2, 0.25) is 5.95 Å². The lowest BCUT2D eigenvalue weighted by atomic mass is 9.99. The number of hydrogen-bond acceptors (Lipinski definition) is 5. The van der Waals surface area contributed by atoms with Crippen LogP contribution < -0.4 is 15.5 Å². The minimum absolute atomic E-state index is 0.219. The summed E-state index contributed by atoms with van der Waals surface area (Å²) in [5.74, 6) is 1.10. The van der Waals surface area contributed by atoms with Crippen LogP contribution in [-0.2, 0) is 0 Å². The Bertz CT molecular complexity index is 782. The van der Waals surface area contributed by atoms with Gasteiger partial charge >= 0.3 is 0 Å². The van der Waals surface area contributed by atoms with Gasteiger partial charge in [0, 0.05) is 36.7 Å². The Morgan fingerprint density at radius 1 is 1.18 bits per heavy atom. The number of piperidine rings is 1. The van der Waals surface area contributed by atoms with Gasteiger partial charge in [0.1, 0.15) is 5.69 Å². The van der Waals surface area contributed by atoms with Crippen molar-refractivity contribution < 1.29 is 4.79 Å². The predicted molar refractivity (Wildman–Crippen MR) is 115 cm³/mol. The predicted octanol–water partition coefficient (Wildman–Crippen LogP) is 4.49. The Hall–Kier alpha value is -2.63. The molecule has 0 aliphatic carbocycles. The van der Waals surface area contributed by atoms with Crippen molar-refractivity contribution in [3.8, 4) is 0 Å². The van der Waals surface area contributed by atoms with Crippen molar-refractivity contribution in [1.82, 2.24) is 9.97 Å². The van der Waals surface area contributed by atoms with Crippen LogP contribution in [0.3, 0.4) is 0 Å². The number of aromatic nitrogens is 2. The van der Waals surface area contributed by atoms with Crippen molar-refractivity contribution in [3.63, 3.8) is 0 Å². The zero-order valence-corrected chi connectivity index (χ0v) is 17.2. The second-order valence-corrected chi connectivity index (χ2v) is 7.67. The average molecular weight is 382 g/mol. The summed E-state index contributed by atoms with van der Waals surface area (Å²) in [4.78, 5) is 23.8. The number of nitrogens with one attached hydrogen (secondary N) is 2. The van der Waals surface area contributed by atoms with Crippen molar-refractivity contribution in [3.05, 3.63) is 41.7 Å². The van der Waals surface area contributed by atoms with E-state index in [-0.39, 0.29) is 5.91 Å². The Labute approximate surface area is 167 Å². The smallest absolute Gasteiger partial charge is 0.274 e. The van der Waals surface area contributed by atoms with Gasteiger partial charge in [0.05, 0.1) is 0 Å². The SMILES string of the molecule is CCCCNc1nc(C)cc(C(=O)Nc2ccc(N3CCC(C)CC3)cc2)n1. The summed E-state index contributed by atoms with van der Waals surface area (Å²) in [6.45, 7) is 9.32. The molecule has 28 heavy (non-hydrogen) atoms. The molecule has 1 aromatic carbocycles. The number of benzene rings is 1. The van der Waals surface area contributed by atoms with Gasteiger partial charge in [-0.05, 0) is 62.4 Å². The fraction of sp³-hybridized carbons (Fsp3) is 0.500. The van der Waals surface area contributed by atoms with E-state index in [0.29, 0.717) is 11.6 Å². The fourth-order valence-electron chi connectivity index (χ4n) is 3.36. The van der Waals surface area contributed by atoms with Crippen LogP contribution in [0.4, 0.5) is 17.3 Å². The van der Waals surface area contributed by atoms with Gasteiger partial charge in [0.15, 0.2) is 0 Å². The molecule has 0 atom stereocenters. The molecule has 2 heterocycles. The zero-order chi connectivity index (χ0) is 19.9.